The summed E-state index contributed by atoms with van der Waals surface area (Å²) in [6, 6.07) is 0.884. The van der Waals surface area contributed by atoms with Crippen molar-refractivity contribution in [3.05, 3.63) is 23.5 Å². The predicted octanol–water partition coefficient (Wildman–Crippen LogP) is -0.681. The minimum atomic E-state index is -4.37. The number of rotatable bonds is 0. The van der Waals surface area contributed by atoms with Gasteiger partial charge in [0.25, 0.3) is 0 Å². The van der Waals surface area contributed by atoms with Crippen LogP contribution in [-0.4, -0.2) is 4.98 Å². The van der Waals surface area contributed by atoms with Crippen molar-refractivity contribution >= 4 is 12.6 Å². The van der Waals surface area contributed by atoms with Gasteiger partial charge in [0.05, 0.1) is 0 Å². The van der Waals surface area contributed by atoms with Gasteiger partial charge in [-0.15, -0.1) is 4.90 Å². The van der Waals surface area contributed by atoms with Crippen LogP contribution in [0.1, 0.15) is 11.3 Å². The summed E-state index contributed by atoms with van der Waals surface area (Å²) in [5.74, 6) is 0. The molecule has 0 radical (unpaired) electrons. The van der Waals surface area contributed by atoms with Crippen LogP contribution in [0.15, 0.2) is 17.2 Å². The van der Waals surface area contributed by atoms with E-state index in [9.17, 15) is 13.2 Å². The zero-order chi connectivity index (χ0) is 9.35. The van der Waals surface area contributed by atoms with Crippen molar-refractivity contribution in [3.8, 4) is 0 Å². The molecule has 0 fully saturated rings. The molecule has 0 bridgehead atoms. The molecular formula is C7H5F3LiNS. The van der Waals surface area contributed by atoms with Crippen LogP contribution in [0.2, 0.25) is 0 Å². The van der Waals surface area contributed by atoms with Crippen LogP contribution < -0.4 is 18.9 Å². The van der Waals surface area contributed by atoms with Crippen LogP contribution >= 0.6 is 0 Å². The molecule has 0 saturated carbocycles. The standard InChI is InChI=1S/C7H6F3NS.Li/c1-4-6(12)5(2-3-11-4)7(8,9)10;/h2-3,12H,1H3;/q;+1/p-1. The Hall–Kier alpha value is -0.243. The topological polar surface area (TPSA) is 12.9 Å². The van der Waals surface area contributed by atoms with E-state index in [1.165, 1.54) is 6.92 Å². The molecule has 1 rings (SSSR count). The van der Waals surface area contributed by atoms with E-state index in [4.69, 9.17) is 0 Å². The summed E-state index contributed by atoms with van der Waals surface area (Å²) in [5, 5.41) is 0. The molecule has 6 heteroatoms. The van der Waals surface area contributed by atoms with Crippen LogP contribution in [0.4, 0.5) is 13.2 Å². The van der Waals surface area contributed by atoms with Gasteiger partial charge >= 0.3 is 25.0 Å². The molecule has 0 spiro atoms. The molecule has 0 amide bonds. The van der Waals surface area contributed by atoms with Gasteiger partial charge in [-0.05, 0) is 13.0 Å². The first-order valence-corrected chi connectivity index (χ1v) is 3.53. The summed E-state index contributed by atoms with van der Waals surface area (Å²) in [7, 11) is 0. The SMILES string of the molecule is Cc1nccc(C(F)(F)F)c1[S-].[Li+]. The Morgan fingerprint density at radius 1 is 1.38 bits per heavy atom. The van der Waals surface area contributed by atoms with Gasteiger partial charge in [-0.2, -0.15) is 13.2 Å². The summed E-state index contributed by atoms with van der Waals surface area (Å²) < 4.78 is 36.4. The first kappa shape index (κ1) is 12.8. The Bertz CT molecular complexity index is 300. The predicted molar refractivity (Wildman–Crippen MR) is 39.6 cm³/mol. The second kappa shape index (κ2) is 4.31. The van der Waals surface area contributed by atoms with Crippen molar-refractivity contribution in [1.29, 1.82) is 0 Å². The first-order valence-electron chi connectivity index (χ1n) is 3.12. The summed E-state index contributed by atoms with van der Waals surface area (Å²) >= 11 is 4.56. The quantitative estimate of drug-likeness (QED) is 0.405. The monoisotopic (exact) mass is 199 g/mol. The molecule has 0 aliphatic heterocycles. The fourth-order valence-corrected chi connectivity index (χ4v) is 1.01. The van der Waals surface area contributed by atoms with Gasteiger partial charge in [0.1, 0.15) is 0 Å². The number of halogens is 3. The van der Waals surface area contributed by atoms with Gasteiger partial charge in [0.2, 0.25) is 0 Å². The molecular weight excluding hydrogens is 194 g/mol. The van der Waals surface area contributed by atoms with Crippen LogP contribution in [0.5, 0.6) is 0 Å². The third-order valence-corrected chi connectivity index (χ3v) is 1.90. The maximum atomic E-state index is 12.1. The smallest absolute Gasteiger partial charge is 0.777 e. The van der Waals surface area contributed by atoms with Crippen LogP contribution in [0, 0.1) is 6.92 Å². The van der Waals surface area contributed by atoms with Crippen LogP contribution in [0.3, 0.4) is 0 Å². The summed E-state index contributed by atoms with van der Waals surface area (Å²) in [6.45, 7) is 1.46. The molecule has 0 N–H and O–H groups in total. The minimum absolute atomic E-state index is 0. The molecule has 0 saturated heterocycles. The maximum Gasteiger partial charge on any atom is 1.00 e. The van der Waals surface area contributed by atoms with Crippen molar-refractivity contribution in [2.24, 2.45) is 0 Å². The average molecular weight is 199 g/mol. The molecule has 0 aliphatic rings. The van der Waals surface area contributed by atoms with Gasteiger partial charge in [0, 0.05) is 17.5 Å². The van der Waals surface area contributed by atoms with E-state index < -0.39 is 11.7 Å². The number of hydrogen-bond donors (Lipinski definition) is 0. The van der Waals surface area contributed by atoms with Gasteiger partial charge in [0.15, 0.2) is 0 Å². The fraction of sp³-hybridized carbons (Fsp3) is 0.286. The van der Waals surface area contributed by atoms with Crippen LogP contribution in [0.25, 0.3) is 0 Å². The van der Waals surface area contributed by atoms with E-state index in [-0.39, 0.29) is 29.5 Å². The maximum absolute atomic E-state index is 12.1. The number of hydrogen-bond acceptors (Lipinski definition) is 2. The van der Waals surface area contributed by atoms with E-state index in [2.05, 4.69) is 17.6 Å². The van der Waals surface area contributed by atoms with E-state index in [1.54, 1.807) is 0 Å². The third-order valence-electron chi connectivity index (χ3n) is 1.39. The number of alkyl halides is 3. The Morgan fingerprint density at radius 3 is 2.31 bits per heavy atom. The molecule has 1 aromatic rings. The number of pyridine rings is 1. The summed E-state index contributed by atoms with van der Waals surface area (Å²) in [6.07, 6.45) is -3.27. The van der Waals surface area contributed by atoms with E-state index in [0.29, 0.717) is 0 Å². The van der Waals surface area contributed by atoms with Crippen molar-refractivity contribution < 1.29 is 32.0 Å². The Morgan fingerprint density at radius 2 is 1.92 bits per heavy atom. The average Bonchev–Trinajstić information content (AvgIpc) is 1.92. The number of nitrogens with zero attached hydrogens (tertiary/aromatic N) is 1. The largest absolute Gasteiger partial charge is 1.00 e. The summed E-state index contributed by atoms with van der Waals surface area (Å²) in [5.41, 5.74) is -0.551. The third kappa shape index (κ3) is 2.87. The van der Waals surface area contributed by atoms with Crippen molar-refractivity contribution in [2.45, 2.75) is 18.0 Å². The van der Waals surface area contributed by atoms with Gasteiger partial charge in [-0.1, -0.05) is 0 Å². The molecule has 1 aromatic heterocycles. The molecule has 0 atom stereocenters. The normalized spacial score (nSPS) is 10.8. The Kier molecular flexibility index (Phi) is 4.23. The van der Waals surface area contributed by atoms with E-state index in [0.717, 1.165) is 12.3 Å². The van der Waals surface area contributed by atoms with E-state index >= 15 is 0 Å². The molecule has 0 aliphatic carbocycles. The van der Waals surface area contributed by atoms with Crippen molar-refractivity contribution in [1.82, 2.24) is 4.98 Å². The zero-order valence-electron chi connectivity index (χ0n) is 7.14. The van der Waals surface area contributed by atoms with Gasteiger partial charge < -0.3 is 12.6 Å². The zero-order valence-corrected chi connectivity index (χ0v) is 7.96. The Labute approximate surface area is 91.3 Å². The van der Waals surface area contributed by atoms with E-state index in [1.807, 2.05) is 0 Å². The Balaban J connectivity index is 0.00000144. The first-order chi connectivity index (χ1) is 5.43. The second-order valence-electron chi connectivity index (χ2n) is 2.27. The van der Waals surface area contributed by atoms with Gasteiger partial charge in [-0.3, -0.25) is 4.98 Å². The van der Waals surface area contributed by atoms with Crippen molar-refractivity contribution in [2.75, 3.05) is 0 Å². The molecule has 13 heavy (non-hydrogen) atoms. The summed E-state index contributed by atoms with van der Waals surface area (Å²) in [4.78, 5) is 3.43. The van der Waals surface area contributed by atoms with Gasteiger partial charge in [-0.25, -0.2) is 0 Å². The fourth-order valence-electron chi connectivity index (χ4n) is 0.776. The molecule has 66 valence electrons. The molecule has 0 unspecified atom stereocenters. The number of aromatic nitrogens is 1. The second-order valence-corrected chi connectivity index (χ2v) is 2.68. The molecule has 1 heterocycles. The molecule has 0 aromatic carbocycles. The van der Waals surface area contributed by atoms with Crippen molar-refractivity contribution in [3.63, 3.8) is 0 Å². The minimum Gasteiger partial charge on any atom is -0.777 e. The number of aryl methyl sites for hydroxylation is 1. The molecule has 1 nitrogen and oxygen atoms in total. The van der Waals surface area contributed by atoms with Crippen LogP contribution in [-0.2, 0) is 18.8 Å².